The van der Waals surface area contributed by atoms with Crippen LogP contribution in [0.3, 0.4) is 0 Å². The molecule has 0 amide bonds. The number of pyridine rings is 1. The van der Waals surface area contributed by atoms with Crippen molar-refractivity contribution >= 4 is 11.0 Å². The van der Waals surface area contributed by atoms with Crippen molar-refractivity contribution in [3.05, 3.63) is 167 Å². The van der Waals surface area contributed by atoms with Crippen molar-refractivity contribution in [1.82, 2.24) is 14.5 Å². The summed E-state index contributed by atoms with van der Waals surface area (Å²) in [4.78, 5) is 9.44. The standard InChI is InChI=1S/C59H63N3O/c1-37-22-24-38(25-23-37)40-28-29-60-50(33-40)42-30-41(31-44(32-42)57(5,6)7)46-20-17-21-52-53(46)61-55(48-35-45(58(8,9)10)36-49(54(48)63)59(11,12)13)62(52)51-27-26-43(56(2,3)4)34-47(51)39-18-15-14-16-19-39/h14-36,63H,1-13H3/i1D3,8D3,9D3,10D3,11D3,12D3,13D3,22D,23D,24D,25D,28D,29D,33D. The Morgan fingerprint density at radius 3 is 1.92 bits per heavy atom. The zero-order chi connectivity index (χ0) is 68.8. The molecule has 0 aliphatic rings. The lowest BCUT2D eigenvalue weighted by Gasteiger charge is -2.28. The first-order valence-electron chi connectivity index (χ1n) is 34.1. The summed E-state index contributed by atoms with van der Waals surface area (Å²) in [6.07, 6.45) is -0.780. The van der Waals surface area contributed by atoms with Crippen LogP contribution in [0.25, 0.3) is 72.7 Å². The van der Waals surface area contributed by atoms with Gasteiger partial charge in [-0.1, -0.05) is 173 Å². The first kappa shape index (κ1) is 20.9. The van der Waals surface area contributed by atoms with E-state index in [0.717, 1.165) is 5.56 Å². The fourth-order valence-corrected chi connectivity index (χ4v) is 7.48. The third-order valence-electron chi connectivity index (χ3n) is 10.9. The van der Waals surface area contributed by atoms with E-state index in [1.54, 1.807) is 66.7 Å². The van der Waals surface area contributed by atoms with Crippen LogP contribution in [0.15, 0.2) is 139 Å². The summed E-state index contributed by atoms with van der Waals surface area (Å²) in [5.41, 5.74) is -13.0. The Morgan fingerprint density at radius 2 is 1.24 bits per heavy atom. The van der Waals surface area contributed by atoms with Gasteiger partial charge in [-0.2, -0.15) is 0 Å². The molecule has 0 spiro atoms. The number of benzene rings is 6. The van der Waals surface area contributed by atoms with Crippen molar-refractivity contribution in [3.63, 3.8) is 0 Å². The number of para-hydroxylation sites is 1. The molecule has 0 radical (unpaired) electrons. The van der Waals surface area contributed by atoms with Gasteiger partial charge in [0.15, 0.2) is 0 Å². The second-order valence-corrected chi connectivity index (χ2v) is 17.7. The summed E-state index contributed by atoms with van der Waals surface area (Å²) in [6.45, 7) is -16.9. The molecule has 0 aliphatic carbocycles. The molecule has 8 aromatic rings. The summed E-state index contributed by atoms with van der Waals surface area (Å²) >= 11 is 0. The Labute approximate surface area is 415 Å². The number of fused-ring (bicyclic) bond motifs is 1. The van der Waals surface area contributed by atoms with Crippen molar-refractivity contribution in [3.8, 4) is 67.5 Å². The fourth-order valence-electron chi connectivity index (χ4n) is 7.48. The third-order valence-corrected chi connectivity index (χ3v) is 10.9. The third kappa shape index (κ3) is 8.61. The lowest BCUT2D eigenvalue weighted by Crippen LogP contribution is -2.17. The number of rotatable bonds is 6. The van der Waals surface area contributed by atoms with Crippen molar-refractivity contribution < 1.29 is 43.5 Å². The van der Waals surface area contributed by atoms with Crippen LogP contribution in [0.5, 0.6) is 5.75 Å². The molecule has 4 heteroatoms. The molecule has 0 unspecified atom stereocenters. The molecule has 1 N–H and O–H groups in total. The Balaban J connectivity index is 1.63. The minimum Gasteiger partial charge on any atom is -0.507 e. The Hall–Kier alpha value is -6.26. The van der Waals surface area contributed by atoms with E-state index in [9.17, 15) is 6.48 Å². The quantitative estimate of drug-likeness (QED) is 0.181. The summed E-state index contributed by atoms with van der Waals surface area (Å²) < 4.78 is 246. The highest BCUT2D eigenvalue weighted by Crippen LogP contribution is 2.46. The van der Waals surface area contributed by atoms with Gasteiger partial charge in [0.1, 0.15) is 11.6 Å². The summed E-state index contributed by atoms with van der Waals surface area (Å²) in [6, 6.07) is 19.2. The van der Waals surface area contributed by atoms with Gasteiger partial charge in [-0.15, -0.1) is 0 Å². The molecular weight excluding hydrogens is 767 g/mol. The Kier molecular flexibility index (Phi) is 5.26. The Morgan fingerprint density at radius 1 is 0.556 bits per heavy atom. The van der Waals surface area contributed by atoms with Gasteiger partial charge < -0.3 is 5.11 Å². The highest BCUT2D eigenvalue weighted by atomic mass is 16.3. The van der Waals surface area contributed by atoms with E-state index in [-0.39, 0.29) is 45.2 Å². The van der Waals surface area contributed by atoms with E-state index in [1.807, 2.05) is 47.6 Å². The molecule has 0 atom stereocenters. The van der Waals surface area contributed by atoms with Crippen LogP contribution in [0, 0.1) is 6.85 Å². The van der Waals surface area contributed by atoms with Gasteiger partial charge in [0, 0.05) is 57.2 Å². The van der Waals surface area contributed by atoms with E-state index in [2.05, 4.69) is 4.98 Å². The molecule has 4 nitrogen and oxygen atoms in total. The average molecular weight is 858 g/mol. The number of imidazole rings is 1. The lowest BCUT2D eigenvalue weighted by atomic mass is 9.79. The molecule has 63 heavy (non-hydrogen) atoms. The highest BCUT2D eigenvalue weighted by molar-refractivity contribution is 5.98. The van der Waals surface area contributed by atoms with Crippen LogP contribution < -0.4 is 0 Å². The SMILES string of the molecule is [2H]c1nc(-c2cc(-c3cccc4c3nc(-c3cc(C(C([2H])([2H])[2H])(C([2H])([2H])[2H])C([2H])([2H])[2H])cc(C(C([2H])([2H])[2H])(C([2H])([2H])[2H])C([2H])([2H])[2H])c3O)n4-c3ccc(C(C)(C)C)cc3-c3ccccc3)cc(C(C)(C)C)c2)c([2H])c(-c2c([2H])c([2H])c(C([2H])([2H])[2H])c([2H])c2[2H])c1[2H]. The summed E-state index contributed by atoms with van der Waals surface area (Å²) in [7, 11) is 0. The first-order valence-corrected chi connectivity index (χ1v) is 20.1. The zero-order valence-corrected chi connectivity index (χ0v) is 35.5. The highest BCUT2D eigenvalue weighted by Gasteiger charge is 2.30. The van der Waals surface area contributed by atoms with Crippen molar-refractivity contribution in [1.29, 1.82) is 0 Å². The number of hydrogen-bond donors (Lipinski definition) is 1. The number of phenolic OH excluding ortho intramolecular Hbond substituents is 1. The first-order chi connectivity index (χ1) is 41.2. The monoisotopic (exact) mass is 858 g/mol. The predicted octanol–water partition coefficient (Wildman–Crippen LogP) is 16.0. The minimum absolute atomic E-state index is 0.0531. The van der Waals surface area contributed by atoms with Gasteiger partial charge in [-0.25, -0.2) is 4.98 Å². The van der Waals surface area contributed by atoms with Crippen LogP contribution in [0.2, 0.25) is 0 Å². The lowest BCUT2D eigenvalue weighted by molar-refractivity contribution is 0.446. The van der Waals surface area contributed by atoms with E-state index >= 15 is 0 Å². The molecular formula is C59H63N3O. The molecule has 0 aliphatic heterocycles. The van der Waals surface area contributed by atoms with Crippen LogP contribution in [0.1, 0.15) is 149 Å². The van der Waals surface area contributed by atoms with Crippen LogP contribution in [-0.2, 0) is 21.7 Å². The Bertz CT molecular complexity index is 4090. The second-order valence-electron chi connectivity index (χ2n) is 17.7. The topological polar surface area (TPSA) is 50.9 Å². The molecule has 0 fully saturated rings. The number of hydrogen-bond acceptors (Lipinski definition) is 3. The zero-order valence-electron chi connectivity index (χ0n) is 63.5. The molecule has 0 saturated carbocycles. The maximum absolute atomic E-state index is 13.1. The molecule has 0 bridgehead atoms. The summed E-state index contributed by atoms with van der Waals surface area (Å²) in [5, 5.41) is 13.1. The van der Waals surface area contributed by atoms with E-state index in [4.69, 9.17) is 42.0 Å². The maximum atomic E-state index is 13.1. The maximum Gasteiger partial charge on any atom is 0.149 e. The summed E-state index contributed by atoms with van der Waals surface area (Å²) in [5.74, 6) is -2.05. The molecule has 6 aromatic carbocycles. The normalized spacial score (nSPS) is 20.5. The number of phenols is 1. The molecule has 2 heterocycles. The molecule has 2 aromatic heterocycles. The van der Waals surface area contributed by atoms with Crippen molar-refractivity contribution in [2.75, 3.05) is 0 Å². The van der Waals surface area contributed by atoms with E-state index in [1.165, 1.54) is 16.7 Å². The predicted molar refractivity (Wildman–Crippen MR) is 267 cm³/mol. The van der Waals surface area contributed by atoms with Crippen molar-refractivity contribution in [2.45, 2.75) is 111 Å². The van der Waals surface area contributed by atoms with Gasteiger partial charge in [0.2, 0.25) is 0 Å². The molecule has 0 saturated heterocycles. The smallest absolute Gasteiger partial charge is 0.149 e. The van der Waals surface area contributed by atoms with Crippen LogP contribution >= 0.6 is 0 Å². The van der Waals surface area contributed by atoms with Gasteiger partial charge in [0.05, 0.1) is 37.6 Å². The average Bonchev–Trinajstić information content (AvgIpc) is 1.19. The second kappa shape index (κ2) is 15.8. The number of aromatic hydroxyl groups is 1. The van der Waals surface area contributed by atoms with E-state index in [0.29, 0.717) is 22.8 Å². The number of nitrogens with zero attached hydrogens (tertiary/aromatic N) is 3. The van der Waals surface area contributed by atoms with Gasteiger partial charge in [-0.3, -0.25) is 9.55 Å². The van der Waals surface area contributed by atoms with Crippen molar-refractivity contribution in [2.24, 2.45) is 0 Å². The molecule has 320 valence electrons. The van der Waals surface area contributed by atoms with Crippen LogP contribution in [0.4, 0.5) is 0 Å². The van der Waals surface area contributed by atoms with Crippen LogP contribution in [-0.4, -0.2) is 19.6 Å². The fraction of sp³-hybridized carbons (Fsp3) is 0.288. The van der Waals surface area contributed by atoms with Gasteiger partial charge in [0.25, 0.3) is 0 Å². The number of aromatic nitrogens is 3. The largest absolute Gasteiger partial charge is 0.507 e. The van der Waals surface area contributed by atoms with Gasteiger partial charge >= 0.3 is 0 Å². The van der Waals surface area contributed by atoms with Gasteiger partial charge in [-0.05, 0) is 116 Å². The molecule has 8 rings (SSSR count). The minimum atomic E-state index is -4.25. The van der Waals surface area contributed by atoms with E-state index < -0.39 is 157 Å².